The highest BCUT2D eigenvalue weighted by Gasteiger charge is 2.01. The van der Waals surface area contributed by atoms with Gasteiger partial charge in [0.2, 0.25) is 5.91 Å². The number of amides is 1. The fraction of sp³-hybridized carbons (Fsp3) is 0. The van der Waals surface area contributed by atoms with Gasteiger partial charge in [-0.2, -0.15) is 5.10 Å². The van der Waals surface area contributed by atoms with Gasteiger partial charge in [-0.05, 0) is 30.3 Å². The fourth-order valence-electron chi connectivity index (χ4n) is 1.96. The molecule has 0 fully saturated rings. The van der Waals surface area contributed by atoms with E-state index >= 15 is 0 Å². The summed E-state index contributed by atoms with van der Waals surface area (Å²) in [5, 5.41) is 6.80. The van der Waals surface area contributed by atoms with Gasteiger partial charge in [0, 0.05) is 29.7 Å². The second-order valence-corrected chi connectivity index (χ2v) is 4.46. The third kappa shape index (κ3) is 2.97. The molecule has 4 nitrogen and oxygen atoms in total. The molecule has 1 amide bonds. The van der Waals surface area contributed by atoms with Crippen LogP contribution in [0.4, 0.5) is 10.1 Å². The van der Waals surface area contributed by atoms with Crippen molar-refractivity contribution in [1.82, 2.24) is 9.61 Å². The van der Waals surface area contributed by atoms with E-state index in [0.717, 1.165) is 5.52 Å². The first-order valence-electron chi connectivity index (χ1n) is 6.39. The van der Waals surface area contributed by atoms with Crippen molar-refractivity contribution in [2.45, 2.75) is 0 Å². The summed E-state index contributed by atoms with van der Waals surface area (Å²) in [6.07, 6.45) is 6.19. The van der Waals surface area contributed by atoms with Gasteiger partial charge < -0.3 is 5.32 Å². The van der Waals surface area contributed by atoms with Gasteiger partial charge >= 0.3 is 0 Å². The van der Waals surface area contributed by atoms with E-state index in [1.165, 1.54) is 18.2 Å². The zero-order valence-corrected chi connectivity index (χ0v) is 11.0. The molecule has 0 atom stereocenters. The minimum atomic E-state index is -0.359. The van der Waals surface area contributed by atoms with Crippen molar-refractivity contribution >= 4 is 23.2 Å². The summed E-state index contributed by atoms with van der Waals surface area (Å²) in [6.45, 7) is 0. The molecular formula is C16H12FN3O. The number of hydrogen-bond acceptors (Lipinski definition) is 2. The van der Waals surface area contributed by atoms with Crippen LogP contribution in [-0.2, 0) is 4.79 Å². The van der Waals surface area contributed by atoms with E-state index in [-0.39, 0.29) is 11.7 Å². The third-order valence-electron chi connectivity index (χ3n) is 2.99. The van der Waals surface area contributed by atoms with E-state index in [1.54, 1.807) is 41.2 Å². The monoisotopic (exact) mass is 281 g/mol. The van der Waals surface area contributed by atoms with E-state index in [2.05, 4.69) is 10.4 Å². The molecule has 0 saturated carbocycles. The molecule has 5 heteroatoms. The Bertz CT molecular complexity index is 823. The van der Waals surface area contributed by atoms with Crippen LogP contribution in [-0.4, -0.2) is 15.5 Å². The van der Waals surface area contributed by atoms with E-state index in [4.69, 9.17) is 0 Å². The maximum Gasteiger partial charge on any atom is 0.248 e. The summed E-state index contributed by atoms with van der Waals surface area (Å²) in [5.74, 6) is -0.677. The van der Waals surface area contributed by atoms with Crippen molar-refractivity contribution in [2.75, 3.05) is 5.32 Å². The molecule has 21 heavy (non-hydrogen) atoms. The number of fused-ring (bicyclic) bond motifs is 1. The molecule has 3 aromatic rings. The SMILES string of the molecule is O=C(/C=C/c1ccccc1F)Nc1ccn2nccc2c1. The van der Waals surface area contributed by atoms with Crippen LogP contribution in [0.25, 0.3) is 11.6 Å². The van der Waals surface area contributed by atoms with Crippen LogP contribution in [0, 0.1) is 5.82 Å². The lowest BCUT2D eigenvalue weighted by Gasteiger charge is -2.02. The van der Waals surface area contributed by atoms with Gasteiger partial charge in [-0.3, -0.25) is 4.79 Å². The minimum absolute atomic E-state index is 0.317. The number of aromatic nitrogens is 2. The number of pyridine rings is 1. The van der Waals surface area contributed by atoms with Gasteiger partial charge in [-0.15, -0.1) is 0 Å². The molecule has 3 rings (SSSR count). The Morgan fingerprint density at radius 1 is 1.24 bits per heavy atom. The average molecular weight is 281 g/mol. The Morgan fingerprint density at radius 2 is 2.10 bits per heavy atom. The lowest BCUT2D eigenvalue weighted by atomic mass is 10.2. The molecule has 0 spiro atoms. The predicted molar refractivity (Wildman–Crippen MR) is 79.3 cm³/mol. The molecule has 104 valence electrons. The first kappa shape index (κ1) is 13.1. The topological polar surface area (TPSA) is 46.4 Å². The first-order valence-corrected chi connectivity index (χ1v) is 6.39. The van der Waals surface area contributed by atoms with Crippen molar-refractivity contribution in [3.8, 4) is 0 Å². The average Bonchev–Trinajstić information content (AvgIpc) is 2.94. The van der Waals surface area contributed by atoms with Crippen molar-refractivity contribution in [3.05, 3.63) is 72.3 Å². The molecular weight excluding hydrogens is 269 g/mol. The van der Waals surface area contributed by atoms with Gasteiger partial charge in [-0.25, -0.2) is 8.91 Å². The smallest absolute Gasteiger partial charge is 0.248 e. The van der Waals surface area contributed by atoms with Gasteiger partial charge in [0.25, 0.3) is 0 Å². The van der Waals surface area contributed by atoms with E-state index < -0.39 is 0 Å². The quantitative estimate of drug-likeness (QED) is 0.750. The summed E-state index contributed by atoms with van der Waals surface area (Å²) in [4.78, 5) is 11.8. The number of nitrogens with one attached hydrogen (secondary N) is 1. The van der Waals surface area contributed by atoms with Crippen LogP contribution in [0.5, 0.6) is 0 Å². The molecule has 0 radical (unpaired) electrons. The Balaban J connectivity index is 1.72. The maximum atomic E-state index is 13.4. The van der Waals surface area contributed by atoms with Crippen LogP contribution in [0.3, 0.4) is 0 Å². The van der Waals surface area contributed by atoms with Gasteiger partial charge in [0.05, 0.1) is 5.52 Å². The second kappa shape index (κ2) is 5.58. The van der Waals surface area contributed by atoms with Gasteiger partial charge in [-0.1, -0.05) is 18.2 Å². The standard InChI is InChI=1S/C16H12FN3O/c17-15-4-2-1-3-12(15)5-6-16(21)19-13-8-10-20-14(11-13)7-9-18-20/h1-11H,(H,19,21)/b6-5+. The maximum absolute atomic E-state index is 13.4. The number of anilines is 1. The molecule has 1 aromatic carbocycles. The molecule has 0 saturated heterocycles. The highest BCUT2D eigenvalue weighted by Crippen LogP contribution is 2.12. The van der Waals surface area contributed by atoms with Crippen LogP contribution in [0.15, 0.2) is 60.9 Å². The van der Waals surface area contributed by atoms with Gasteiger partial charge in [0.1, 0.15) is 5.82 Å². The van der Waals surface area contributed by atoms with Crippen molar-refractivity contribution in [1.29, 1.82) is 0 Å². The molecule has 1 N–H and O–H groups in total. The lowest BCUT2D eigenvalue weighted by Crippen LogP contribution is -2.08. The number of carbonyl (C=O) groups is 1. The van der Waals surface area contributed by atoms with Crippen molar-refractivity contribution in [2.24, 2.45) is 0 Å². The van der Waals surface area contributed by atoms with Gasteiger partial charge in [0.15, 0.2) is 0 Å². The summed E-state index contributed by atoms with van der Waals surface area (Å²) in [7, 11) is 0. The number of halogens is 1. The summed E-state index contributed by atoms with van der Waals surface area (Å²) in [5.41, 5.74) is 1.91. The zero-order chi connectivity index (χ0) is 14.7. The Labute approximate surface area is 120 Å². The largest absolute Gasteiger partial charge is 0.322 e. The highest BCUT2D eigenvalue weighted by molar-refractivity contribution is 6.02. The third-order valence-corrected chi connectivity index (χ3v) is 2.99. The van der Waals surface area contributed by atoms with Crippen LogP contribution >= 0.6 is 0 Å². The number of benzene rings is 1. The normalized spacial score (nSPS) is 11.1. The van der Waals surface area contributed by atoms with Crippen molar-refractivity contribution < 1.29 is 9.18 Å². The minimum Gasteiger partial charge on any atom is -0.322 e. The van der Waals surface area contributed by atoms with Crippen LogP contribution < -0.4 is 5.32 Å². The number of nitrogens with zero attached hydrogens (tertiary/aromatic N) is 2. The molecule has 0 aliphatic rings. The predicted octanol–water partition coefficient (Wildman–Crippen LogP) is 3.13. The zero-order valence-electron chi connectivity index (χ0n) is 11.0. The molecule has 0 bridgehead atoms. The number of hydrogen-bond donors (Lipinski definition) is 1. The van der Waals surface area contributed by atoms with E-state index in [0.29, 0.717) is 11.3 Å². The molecule has 0 aliphatic carbocycles. The highest BCUT2D eigenvalue weighted by atomic mass is 19.1. The van der Waals surface area contributed by atoms with Crippen molar-refractivity contribution in [3.63, 3.8) is 0 Å². The number of rotatable bonds is 3. The molecule has 2 heterocycles. The summed E-state index contributed by atoms with van der Waals surface area (Å²) in [6, 6.07) is 11.7. The summed E-state index contributed by atoms with van der Waals surface area (Å²) < 4.78 is 15.1. The second-order valence-electron chi connectivity index (χ2n) is 4.46. The fourth-order valence-corrected chi connectivity index (χ4v) is 1.96. The lowest BCUT2D eigenvalue weighted by molar-refractivity contribution is -0.111. The van der Waals surface area contributed by atoms with E-state index in [9.17, 15) is 9.18 Å². The number of carbonyl (C=O) groups excluding carboxylic acids is 1. The Morgan fingerprint density at radius 3 is 2.95 bits per heavy atom. The summed E-state index contributed by atoms with van der Waals surface area (Å²) >= 11 is 0. The van der Waals surface area contributed by atoms with Crippen LogP contribution in [0.2, 0.25) is 0 Å². The molecule has 0 aliphatic heterocycles. The van der Waals surface area contributed by atoms with E-state index in [1.807, 2.05) is 12.1 Å². The molecule has 2 aromatic heterocycles. The van der Waals surface area contributed by atoms with Crippen LogP contribution in [0.1, 0.15) is 5.56 Å². The Hall–Kier alpha value is -2.95. The first-order chi connectivity index (χ1) is 10.2. The Kier molecular flexibility index (Phi) is 3.47. The molecule has 0 unspecified atom stereocenters.